The Morgan fingerprint density at radius 3 is 2.52 bits per heavy atom. The molecule has 0 aromatic heterocycles. The van der Waals surface area contributed by atoms with E-state index >= 15 is 0 Å². The van der Waals surface area contributed by atoms with Crippen molar-refractivity contribution in [2.45, 2.75) is 31.7 Å². The summed E-state index contributed by atoms with van der Waals surface area (Å²) in [5.74, 6) is 0. The molecule has 4 saturated heterocycles. The van der Waals surface area contributed by atoms with Crippen molar-refractivity contribution in [1.29, 1.82) is 0 Å². The highest BCUT2D eigenvalue weighted by Gasteiger charge is 2.67. The molecule has 25 heavy (non-hydrogen) atoms. The van der Waals surface area contributed by atoms with Gasteiger partial charge in [-0.3, -0.25) is 14.3 Å². The Bertz CT molecular complexity index is 665. The predicted octanol–water partition coefficient (Wildman–Crippen LogP) is 2.04. The Labute approximate surface area is 151 Å². The fourth-order valence-electron chi connectivity index (χ4n) is 6.26. The lowest BCUT2D eigenvalue weighted by Gasteiger charge is -2.64. The molecular formula is C21H31N4+. The molecule has 5 rings (SSSR count). The Balaban J connectivity index is 1.52. The second kappa shape index (κ2) is 5.65. The molecule has 134 valence electrons. The molecule has 0 aliphatic carbocycles. The van der Waals surface area contributed by atoms with Gasteiger partial charge in [-0.1, -0.05) is 36.9 Å². The van der Waals surface area contributed by atoms with Crippen molar-refractivity contribution in [1.82, 2.24) is 14.7 Å². The van der Waals surface area contributed by atoms with E-state index in [0.717, 1.165) is 0 Å². The molecule has 4 fully saturated rings. The highest BCUT2D eigenvalue weighted by Crippen LogP contribution is 2.47. The maximum Gasteiger partial charge on any atom is 0.182 e. The molecule has 3 atom stereocenters. The lowest BCUT2D eigenvalue weighted by atomic mass is 9.91. The molecule has 1 aromatic rings. The smallest absolute Gasteiger partial charge is 0.182 e. The van der Waals surface area contributed by atoms with Crippen LogP contribution in [0.2, 0.25) is 0 Å². The average molecular weight is 340 g/mol. The van der Waals surface area contributed by atoms with Crippen LogP contribution in [0.25, 0.3) is 6.08 Å². The van der Waals surface area contributed by atoms with Gasteiger partial charge in [-0.05, 0) is 12.0 Å². The quantitative estimate of drug-likeness (QED) is 0.781. The molecule has 4 heterocycles. The van der Waals surface area contributed by atoms with E-state index in [1.807, 2.05) is 6.08 Å². The number of piperazine rings is 2. The van der Waals surface area contributed by atoms with Gasteiger partial charge in [-0.25, -0.2) is 4.90 Å². The van der Waals surface area contributed by atoms with Crippen LogP contribution in [0.3, 0.4) is 0 Å². The minimum atomic E-state index is 0.244. The first-order valence-corrected chi connectivity index (χ1v) is 9.97. The maximum atomic E-state index is 3.89. The van der Waals surface area contributed by atoms with Gasteiger partial charge in [0.2, 0.25) is 0 Å². The molecule has 4 aliphatic heterocycles. The lowest BCUT2D eigenvalue weighted by molar-refractivity contribution is -0.991. The molecule has 1 aromatic carbocycles. The molecule has 4 nitrogen and oxygen atoms in total. The van der Waals surface area contributed by atoms with Crippen LogP contribution >= 0.6 is 0 Å². The molecule has 0 radical (unpaired) electrons. The minimum absolute atomic E-state index is 0.244. The van der Waals surface area contributed by atoms with E-state index in [9.17, 15) is 0 Å². The van der Waals surface area contributed by atoms with E-state index in [4.69, 9.17) is 0 Å². The third kappa shape index (κ3) is 2.15. The second-order valence-electron chi connectivity index (χ2n) is 8.58. The molecule has 0 amide bonds. The summed E-state index contributed by atoms with van der Waals surface area (Å²) in [7, 11) is 0. The lowest BCUT2D eigenvalue weighted by Crippen LogP contribution is -2.83. The number of hydrogen-bond acceptors (Lipinski definition) is 3. The van der Waals surface area contributed by atoms with Gasteiger partial charge in [0.25, 0.3) is 0 Å². The molecule has 0 saturated carbocycles. The first kappa shape index (κ1) is 16.0. The number of nitrogens with zero attached hydrogens (tertiary/aromatic N) is 4. The topological polar surface area (TPSA) is 9.72 Å². The molecular weight excluding hydrogens is 308 g/mol. The van der Waals surface area contributed by atoms with Crippen molar-refractivity contribution >= 4 is 6.08 Å². The van der Waals surface area contributed by atoms with Gasteiger partial charge in [0, 0.05) is 45.2 Å². The Morgan fingerprint density at radius 2 is 1.76 bits per heavy atom. The zero-order valence-corrected chi connectivity index (χ0v) is 15.5. The van der Waals surface area contributed by atoms with Crippen molar-refractivity contribution in [2.24, 2.45) is 0 Å². The summed E-state index contributed by atoms with van der Waals surface area (Å²) in [6.07, 6.45) is 3.89. The fraction of sp³-hybridized carbons (Fsp3) is 0.619. The summed E-state index contributed by atoms with van der Waals surface area (Å²) in [5, 5.41) is 0. The van der Waals surface area contributed by atoms with Gasteiger partial charge >= 0.3 is 0 Å². The summed E-state index contributed by atoms with van der Waals surface area (Å²) in [4.78, 5) is 8.40. The Hall–Kier alpha value is -1.20. The van der Waals surface area contributed by atoms with Gasteiger partial charge in [0.1, 0.15) is 12.7 Å². The van der Waals surface area contributed by atoms with Crippen LogP contribution in [0.4, 0.5) is 0 Å². The standard InChI is InChI=1S/C21H31N4/c1-3-18-5-7-19(8-6-18)17-25-15-13-23-10-4-9-22-11-12-24(14-16-25)21(25,2)20(22)23/h3,5-8,20H,1,4,9-17H2,2H3/q+1/t20-,21+,25?/m0/s1. The van der Waals surface area contributed by atoms with E-state index in [2.05, 4.69) is 52.5 Å². The molecule has 0 bridgehead atoms. The molecule has 1 unspecified atom stereocenters. The van der Waals surface area contributed by atoms with E-state index < -0.39 is 0 Å². The van der Waals surface area contributed by atoms with Crippen molar-refractivity contribution in [3.8, 4) is 0 Å². The molecule has 4 heteroatoms. The van der Waals surface area contributed by atoms with Crippen LogP contribution in [0.1, 0.15) is 24.5 Å². The monoisotopic (exact) mass is 339 g/mol. The van der Waals surface area contributed by atoms with E-state index in [1.54, 1.807) is 0 Å². The van der Waals surface area contributed by atoms with Crippen LogP contribution in [-0.2, 0) is 6.54 Å². The van der Waals surface area contributed by atoms with Gasteiger partial charge in [-0.2, -0.15) is 0 Å². The van der Waals surface area contributed by atoms with Crippen LogP contribution in [0.15, 0.2) is 30.8 Å². The summed E-state index contributed by atoms with van der Waals surface area (Å²) in [6.45, 7) is 17.8. The van der Waals surface area contributed by atoms with Crippen LogP contribution in [0.5, 0.6) is 0 Å². The van der Waals surface area contributed by atoms with Crippen LogP contribution < -0.4 is 0 Å². The molecule has 4 aliphatic rings. The first-order valence-electron chi connectivity index (χ1n) is 9.97. The van der Waals surface area contributed by atoms with Gasteiger partial charge in [0.05, 0.1) is 19.6 Å². The fourth-order valence-corrected chi connectivity index (χ4v) is 6.26. The zero-order chi connectivity index (χ0) is 17.1. The van der Waals surface area contributed by atoms with Crippen molar-refractivity contribution < 1.29 is 4.48 Å². The van der Waals surface area contributed by atoms with E-state index in [-0.39, 0.29) is 5.66 Å². The summed E-state index contributed by atoms with van der Waals surface area (Å²) in [6, 6.07) is 9.09. The number of quaternary nitrogens is 1. The number of rotatable bonds is 3. The third-order valence-electron chi connectivity index (χ3n) is 7.64. The van der Waals surface area contributed by atoms with Crippen LogP contribution in [-0.4, -0.2) is 83.4 Å². The number of benzene rings is 1. The zero-order valence-electron chi connectivity index (χ0n) is 15.5. The second-order valence-corrected chi connectivity index (χ2v) is 8.58. The van der Waals surface area contributed by atoms with E-state index in [1.165, 1.54) is 80.9 Å². The predicted molar refractivity (Wildman–Crippen MR) is 102 cm³/mol. The SMILES string of the molecule is C=Cc1ccc(C[N+]23CCN4CCCN5CCN(CC2)[C@@]3(C)[C@@H]54)cc1. The number of hydrogen-bond donors (Lipinski definition) is 0. The minimum Gasteiger partial charge on any atom is -0.298 e. The largest absolute Gasteiger partial charge is 0.298 e. The Kier molecular flexibility index (Phi) is 3.62. The highest BCUT2D eigenvalue weighted by atomic mass is 15.7. The summed E-state index contributed by atoms with van der Waals surface area (Å²) in [5.41, 5.74) is 2.95. The first-order chi connectivity index (χ1) is 12.2. The van der Waals surface area contributed by atoms with Gasteiger partial charge in [0.15, 0.2) is 5.66 Å². The van der Waals surface area contributed by atoms with Crippen molar-refractivity contribution in [3.63, 3.8) is 0 Å². The molecule has 0 N–H and O–H groups in total. The maximum absolute atomic E-state index is 3.89. The van der Waals surface area contributed by atoms with Crippen LogP contribution in [0, 0.1) is 0 Å². The summed E-state index contributed by atoms with van der Waals surface area (Å²) >= 11 is 0. The molecule has 0 spiro atoms. The van der Waals surface area contributed by atoms with E-state index in [0.29, 0.717) is 6.17 Å². The normalized spacial score (nSPS) is 38.5. The summed E-state index contributed by atoms with van der Waals surface area (Å²) < 4.78 is 1.25. The average Bonchev–Trinajstić information content (AvgIpc) is 2.94. The van der Waals surface area contributed by atoms with Crippen molar-refractivity contribution in [2.75, 3.05) is 52.4 Å². The highest BCUT2D eigenvalue weighted by molar-refractivity contribution is 5.47. The van der Waals surface area contributed by atoms with Gasteiger partial charge < -0.3 is 0 Å². The van der Waals surface area contributed by atoms with Gasteiger partial charge in [-0.15, -0.1) is 0 Å². The van der Waals surface area contributed by atoms with Crippen molar-refractivity contribution in [3.05, 3.63) is 42.0 Å². The third-order valence-corrected chi connectivity index (χ3v) is 7.64. The Morgan fingerprint density at radius 1 is 1.04 bits per heavy atom.